The molecule has 1 saturated heterocycles. The van der Waals surface area contributed by atoms with Gasteiger partial charge in [-0.05, 0) is 75.1 Å². The average Bonchev–Trinajstić information content (AvgIpc) is 2.76. The van der Waals surface area contributed by atoms with Crippen molar-refractivity contribution < 1.29 is 22.7 Å². The molecule has 0 saturated carbocycles. The summed E-state index contributed by atoms with van der Waals surface area (Å²) in [6, 6.07) is 10.2. The molecule has 7 nitrogen and oxygen atoms in total. The summed E-state index contributed by atoms with van der Waals surface area (Å²) in [5, 5.41) is 2.74. The molecular formula is C23H30N2O5S. The molecule has 1 fully saturated rings. The lowest BCUT2D eigenvalue weighted by molar-refractivity contribution is -0.118. The third-order valence-electron chi connectivity index (χ3n) is 5.33. The highest BCUT2D eigenvalue weighted by Gasteiger charge is 2.27. The first-order chi connectivity index (χ1) is 14.8. The Labute approximate surface area is 184 Å². The zero-order valence-corrected chi connectivity index (χ0v) is 19.1. The van der Waals surface area contributed by atoms with Gasteiger partial charge in [-0.3, -0.25) is 4.79 Å². The standard InChI is InChI=1S/C23H30N2O5S/c1-4-29-22-11-10-20(31(27,28)25-12-6-5-7-13-25)15-21(22)24-23(26)16-30-19-9-8-17(2)18(3)14-19/h8-11,14-15H,4-7,12-13,16H2,1-3H3,(H,24,26). The van der Waals surface area contributed by atoms with Gasteiger partial charge in [-0.1, -0.05) is 12.5 Å². The van der Waals surface area contributed by atoms with Gasteiger partial charge >= 0.3 is 0 Å². The fraction of sp³-hybridized carbons (Fsp3) is 0.435. The number of carbonyl (C=O) groups is 1. The van der Waals surface area contributed by atoms with Gasteiger partial charge in [0.15, 0.2) is 6.61 Å². The van der Waals surface area contributed by atoms with Gasteiger partial charge in [-0.15, -0.1) is 0 Å². The van der Waals surface area contributed by atoms with Crippen molar-refractivity contribution >= 4 is 21.6 Å². The third-order valence-corrected chi connectivity index (χ3v) is 7.22. The Hall–Kier alpha value is -2.58. The summed E-state index contributed by atoms with van der Waals surface area (Å²) in [5.41, 5.74) is 2.53. The molecule has 8 heteroatoms. The molecule has 1 heterocycles. The third kappa shape index (κ3) is 5.77. The van der Waals surface area contributed by atoms with Crippen molar-refractivity contribution in [3.05, 3.63) is 47.5 Å². The largest absolute Gasteiger partial charge is 0.492 e. The summed E-state index contributed by atoms with van der Waals surface area (Å²) in [6.07, 6.45) is 2.75. The van der Waals surface area contributed by atoms with Crippen LogP contribution in [-0.2, 0) is 14.8 Å². The summed E-state index contributed by atoms with van der Waals surface area (Å²) in [7, 11) is -3.62. The maximum Gasteiger partial charge on any atom is 0.262 e. The lowest BCUT2D eigenvalue weighted by Crippen LogP contribution is -2.35. The molecule has 3 rings (SSSR count). The normalized spacial score (nSPS) is 14.8. The van der Waals surface area contributed by atoms with Crippen LogP contribution < -0.4 is 14.8 Å². The molecule has 0 atom stereocenters. The van der Waals surface area contributed by atoms with E-state index in [2.05, 4.69) is 5.32 Å². The van der Waals surface area contributed by atoms with Gasteiger partial charge in [0.2, 0.25) is 10.0 Å². The van der Waals surface area contributed by atoms with Crippen LogP contribution in [-0.4, -0.2) is 44.9 Å². The van der Waals surface area contributed by atoms with Crippen molar-refractivity contribution in [3.8, 4) is 11.5 Å². The number of aryl methyl sites for hydroxylation is 2. The average molecular weight is 447 g/mol. The first-order valence-electron chi connectivity index (χ1n) is 10.6. The fourth-order valence-electron chi connectivity index (χ4n) is 3.44. The molecule has 1 aliphatic rings. The summed E-state index contributed by atoms with van der Waals surface area (Å²) < 4.78 is 38.7. The van der Waals surface area contributed by atoms with E-state index in [4.69, 9.17) is 9.47 Å². The maximum absolute atomic E-state index is 13.0. The first kappa shape index (κ1) is 23.1. The van der Waals surface area contributed by atoms with Crippen LogP contribution in [0.4, 0.5) is 5.69 Å². The predicted octanol–water partition coefficient (Wildman–Crippen LogP) is 3.89. The number of anilines is 1. The van der Waals surface area contributed by atoms with Crippen LogP contribution >= 0.6 is 0 Å². The smallest absolute Gasteiger partial charge is 0.262 e. The van der Waals surface area contributed by atoms with Crippen molar-refractivity contribution in [2.24, 2.45) is 0 Å². The van der Waals surface area contributed by atoms with E-state index >= 15 is 0 Å². The number of benzene rings is 2. The van der Waals surface area contributed by atoms with Crippen LogP contribution in [0.1, 0.15) is 37.3 Å². The van der Waals surface area contributed by atoms with Gasteiger partial charge in [-0.25, -0.2) is 8.42 Å². The van der Waals surface area contributed by atoms with E-state index in [1.165, 1.54) is 16.4 Å². The van der Waals surface area contributed by atoms with Crippen molar-refractivity contribution in [3.63, 3.8) is 0 Å². The minimum Gasteiger partial charge on any atom is -0.492 e. The highest BCUT2D eigenvalue weighted by atomic mass is 32.2. The number of hydrogen-bond donors (Lipinski definition) is 1. The van der Waals surface area contributed by atoms with E-state index in [1.54, 1.807) is 6.07 Å². The van der Waals surface area contributed by atoms with E-state index in [-0.39, 0.29) is 11.5 Å². The number of amides is 1. The van der Waals surface area contributed by atoms with E-state index in [0.717, 1.165) is 30.4 Å². The molecule has 0 bridgehead atoms. The maximum atomic E-state index is 13.0. The van der Waals surface area contributed by atoms with Crippen molar-refractivity contribution in [2.75, 3.05) is 31.6 Å². The monoisotopic (exact) mass is 446 g/mol. The number of rotatable bonds is 8. The molecule has 1 N–H and O–H groups in total. The van der Waals surface area contributed by atoms with Crippen molar-refractivity contribution in [1.29, 1.82) is 0 Å². The molecule has 0 aromatic heterocycles. The number of piperidine rings is 1. The summed E-state index contributed by atoms with van der Waals surface area (Å²) in [5.74, 6) is 0.621. The Balaban J connectivity index is 1.75. The molecule has 2 aromatic carbocycles. The molecule has 168 valence electrons. The van der Waals surface area contributed by atoms with Crippen LogP contribution in [0.15, 0.2) is 41.3 Å². The second-order valence-electron chi connectivity index (χ2n) is 7.64. The highest BCUT2D eigenvalue weighted by Crippen LogP contribution is 2.30. The van der Waals surface area contributed by atoms with Crippen LogP contribution in [0, 0.1) is 13.8 Å². The van der Waals surface area contributed by atoms with E-state index in [1.807, 2.05) is 39.0 Å². The Kier molecular flexibility index (Phi) is 7.56. The molecule has 0 unspecified atom stereocenters. The predicted molar refractivity (Wildman–Crippen MR) is 120 cm³/mol. The van der Waals surface area contributed by atoms with E-state index in [9.17, 15) is 13.2 Å². The molecule has 1 amide bonds. The van der Waals surface area contributed by atoms with Gasteiger partial charge in [0, 0.05) is 13.1 Å². The summed E-state index contributed by atoms with van der Waals surface area (Å²) in [6.45, 7) is 7.03. The van der Waals surface area contributed by atoms with Crippen LogP contribution in [0.25, 0.3) is 0 Å². The number of hydrogen-bond acceptors (Lipinski definition) is 5. The SMILES string of the molecule is CCOc1ccc(S(=O)(=O)N2CCCCC2)cc1NC(=O)COc1ccc(C)c(C)c1. The van der Waals surface area contributed by atoms with Gasteiger partial charge in [0.1, 0.15) is 11.5 Å². The lowest BCUT2D eigenvalue weighted by atomic mass is 10.1. The Morgan fingerprint density at radius 2 is 1.74 bits per heavy atom. The minimum atomic E-state index is -3.62. The molecular weight excluding hydrogens is 416 g/mol. The summed E-state index contributed by atoms with van der Waals surface area (Å²) in [4.78, 5) is 12.6. The quantitative estimate of drug-likeness (QED) is 0.665. The van der Waals surface area contributed by atoms with Gasteiger partial charge < -0.3 is 14.8 Å². The number of nitrogens with one attached hydrogen (secondary N) is 1. The van der Waals surface area contributed by atoms with Crippen molar-refractivity contribution in [2.45, 2.75) is 44.9 Å². The number of nitrogens with zero attached hydrogens (tertiary/aromatic N) is 1. The molecule has 2 aromatic rings. The van der Waals surface area contributed by atoms with Gasteiger partial charge in [-0.2, -0.15) is 4.31 Å². The van der Waals surface area contributed by atoms with Gasteiger partial charge in [0.25, 0.3) is 5.91 Å². The second-order valence-corrected chi connectivity index (χ2v) is 9.58. The zero-order chi connectivity index (χ0) is 22.4. The molecule has 1 aliphatic heterocycles. The van der Waals surface area contributed by atoms with Gasteiger partial charge in [0.05, 0.1) is 17.2 Å². The minimum absolute atomic E-state index is 0.142. The number of ether oxygens (including phenoxy) is 2. The van der Waals surface area contributed by atoms with Crippen LogP contribution in [0.3, 0.4) is 0 Å². The van der Waals surface area contributed by atoms with E-state index in [0.29, 0.717) is 36.9 Å². The Morgan fingerprint density at radius 1 is 1.00 bits per heavy atom. The highest BCUT2D eigenvalue weighted by molar-refractivity contribution is 7.89. The zero-order valence-electron chi connectivity index (χ0n) is 18.3. The molecule has 31 heavy (non-hydrogen) atoms. The molecule has 0 aliphatic carbocycles. The Morgan fingerprint density at radius 3 is 2.42 bits per heavy atom. The second kappa shape index (κ2) is 10.2. The number of carbonyl (C=O) groups excluding carboxylic acids is 1. The topological polar surface area (TPSA) is 84.9 Å². The fourth-order valence-corrected chi connectivity index (χ4v) is 4.99. The van der Waals surface area contributed by atoms with E-state index < -0.39 is 15.9 Å². The van der Waals surface area contributed by atoms with Crippen LogP contribution in [0.2, 0.25) is 0 Å². The Bertz CT molecular complexity index is 1030. The van der Waals surface area contributed by atoms with Crippen LogP contribution in [0.5, 0.6) is 11.5 Å². The first-order valence-corrected chi connectivity index (χ1v) is 12.0. The summed E-state index contributed by atoms with van der Waals surface area (Å²) >= 11 is 0. The molecule has 0 spiro atoms. The lowest BCUT2D eigenvalue weighted by Gasteiger charge is -2.26. The number of sulfonamides is 1. The van der Waals surface area contributed by atoms with Crippen molar-refractivity contribution in [1.82, 2.24) is 4.31 Å². The molecule has 0 radical (unpaired) electrons.